The zero-order valence-corrected chi connectivity index (χ0v) is 8.16. The zero-order chi connectivity index (χ0) is 10.1. The quantitative estimate of drug-likeness (QED) is 0.750. The van der Waals surface area contributed by atoms with E-state index in [4.69, 9.17) is 5.11 Å². The van der Waals surface area contributed by atoms with Crippen molar-refractivity contribution in [1.82, 2.24) is 10.2 Å². The molecular formula is C10H14N2O2. The van der Waals surface area contributed by atoms with E-state index in [-0.39, 0.29) is 12.3 Å². The fraction of sp³-hybridized carbons (Fsp3) is 0.600. The van der Waals surface area contributed by atoms with Crippen molar-refractivity contribution < 1.29 is 9.90 Å². The molecule has 1 aromatic heterocycles. The molecule has 0 fully saturated rings. The number of hydrogen-bond donors (Lipinski definition) is 2. The topological polar surface area (TPSA) is 66.0 Å². The van der Waals surface area contributed by atoms with Crippen molar-refractivity contribution in [3.63, 3.8) is 0 Å². The summed E-state index contributed by atoms with van der Waals surface area (Å²) in [6.07, 6.45) is 4.10. The molecule has 0 radical (unpaired) electrons. The number of nitrogens with one attached hydrogen (secondary N) is 1. The minimum atomic E-state index is -0.732. The van der Waals surface area contributed by atoms with Crippen LogP contribution < -0.4 is 0 Å². The van der Waals surface area contributed by atoms with Crippen LogP contribution in [0.25, 0.3) is 0 Å². The van der Waals surface area contributed by atoms with Crippen LogP contribution in [-0.2, 0) is 11.2 Å². The van der Waals surface area contributed by atoms with Crippen molar-refractivity contribution in [1.29, 1.82) is 0 Å². The molecule has 2 N–H and O–H groups in total. The highest BCUT2D eigenvalue weighted by molar-refractivity contribution is 5.68. The van der Waals surface area contributed by atoms with E-state index < -0.39 is 5.97 Å². The number of nitrogens with zero attached hydrogens (tertiary/aromatic N) is 1. The molecule has 1 aliphatic carbocycles. The highest BCUT2D eigenvalue weighted by Gasteiger charge is 2.29. The Morgan fingerprint density at radius 3 is 3.29 bits per heavy atom. The van der Waals surface area contributed by atoms with Gasteiger partial charge in [0.05, 0.1) is 12.6 Å². The molecule has 0 spiro atoms. The average molecular weight is 194 g/mol. The molecule has 2 rings (SSSR count). The van der Waals surface area contributed by atoms with Gasteiger partial charge < -0.3 is 5.11 Å². The summed E-state index contributed by atoms with van der Waals surface area (Å²) >= 11 is 0. The fourth-order valence-corrected chi connectivity index (χ4v) is 2.20. The van der Waals surface area contributed by atoms with Crippen molar-refractivity contribution in [3.8, 4) is 0 Å². The van der Waals surface area contributed by atoms with Crippen LogP contribution in [0.5, 0.6) is 0 Å². The number of aromatic nitrogens is 2. The number of aromatic amines is 1. The van der Waals surface area contributed by atoms with Gasteiger partial charge in [-0.3, -0.25) is 9.89 Å². The van der Waals surface area contributed by atoms with Gasteiger partial charge in [-0.25, -0.2) is 0 Å². The van der Waals surface area contributed by atoms with Gasteiger partial charge in [-0.15, -0.1) is 0 Å². The Labute approximate surface area is 82.3 Å². The van der Waals surface area contributed by atoms with Gasteiger partial charge in [0.1, 0.15) is 0 Å². The minimum absolute atomic E-state index is 0.110. The Morgan fingerprint density at radius 2 is 2.57 bits per heavy atom. The molecule has 0 saturated heterocycles. The lowest BCUT2D eigenvalue weighted by Crippen LogP contribution is -2.20. The molecule has 0 saturated carbocycles. The van der Waals surface area contributed by atoms with E-state index in [1.165, 1.54) is 5.56 Å². The van der Waals surface area contributed by atoms with Gasteiger partial charge in [-0.1, -0.05) is 6.92 Å². The van der Waals surface area contributed by atoms with Crippen molar-refractivity contribution in [2.24, 2.45) is 5.92 Å². The second-order valence-electron chi connectivity index (χ2n) is 4.03. The smallest absolute Gasteiger partial charge is 0.304 e. The molecular weight excluding hydrogens is 180 g/mol. The first-order valence-electron chi connectivity index (χ1n) is 4.92. The van der Waals surface area contributed by atoms with E-state index in [9.17, 15) is 4.79 Å². The lowest BCUT2D eigenvalue weighted by atomic mass is 9.78. The van der Waals surface area contributed by atoms with Crippen molar-refractivity contribution in [2.45, 2.75) is 32.1 Å². The number of aliphatic carboxylic acids is 1. The highest BCUT2D eigenvalue weighted by Crippen LogP contribution is 2.36. The van der Waals surface area contributed by atoms with Gasteiger partial charge in [0.2, 0.25) is 0 Å². The van der Waals surface area contributed by atoms with E-state index in [2.05, 4.69) is 17.1 Å². The largest absolute Gasteiger partial charge is 0.481 e. The predicted octanol–water partition coefficient (Wildman–Crippen LogP) is 1.55. The molecule has 14 heavy (non-hydrogen) atoms. The van der Waals surface area contributed by atoms with Crippen LogP contribution in [-0.4, -0.2) is 21.3 Å². The standard InChI is InChI=1S/C10H14N2O2/c1-6-2-3-7-5-11-12-10(7)8(6)4-9(13)14/h5-6,8H,2-4H2,1H3,(H,11,12)(H,13,14). The third-order valence-corrected chi connectivity index (χ3v) is 3.07. The Morgan fingerprint density at radius 1 is 1.79 bits per heavy atom. The maximum Gasteiger partial charge on any atom is 0.304 e. The Bertz CT molecular complexity index is 346. The van der Waals surface area contributed by atoms with Crippen molar-refractivity contribution in [2.75, 3.05) is 0 Å². The number of H-pyrrole nitrogens is 1. The summed E-state index contributed by atoms with van der Waals surface area (Å²) in [4.78, 5) is 10.7. The summed E-state index contributed by atoms with van der Waals surface area (Å²) in [5, 5.41) is 15.7. The third kappa shape index (κ3) is 1.52. The number of carboxylic acid groups (broad SMARTS) is 1. The SMILES string of the molecule is CC1CCc2cn[nH]c2C1CC(=O)O. The van der Waals surface area contributed by atoms with E-state index in [1.54, 1.807) is 0 Å². The summed E-state index contributed by atoms with van der Waals surface area (Å²) in [6, 6.07) is 0. The molecule has 0 amide bonds. The first-order chi connectivity index (χ1) is 6.68. The van der Waals surface area contributed by atoms with Gasteiger partial charge in [-0.2, -0.15) is 5.10 Å². The summed E-state index contributed by atoms with van der Waals surface area (Å²) < 4.78 is 0. The average Bonchev–Trinajstić information content (AvgIpc) is 2.57. The summed E-state index contributed by atoms with van der Waals surface area (Å²) in [6.45, 7) is 2.11. The van der Waals surface area contributed by atoms with Gasteiger partial charge in [0, 0.05) is 11.6 Å². The second kappa shape index (κ2) is 3.44. The summed E-state index contributed by atoms with van der Waals surface area (Å²) in [7, 11) is 0. The number of carboxylic acids is 1. The molecule has 1 heterocycles. The van der Waals surface area contributed by atoms with Crippen LogP contribution in [0.1, 0.15) is 36.9 Å². The van der Waals surface area contributed by atoms with Gasteiger partial charge in [0.25, 0.3) is 0 Å². The molecule has 2 atom stereocenters. The first-order valence-corrected chi connectivity index (χ1v) is 4.92. The molecule has 4 heteroatoms. The highest BCUT2D eigenvalue weighted by atomic mass is 16.4. The summed E-state index contributed by atoms with van der Waals surface area (Å²) in [5.41, 5.74) is 2.22. The molecule has 0 aliphatic heterocycles. The van der Waals surface area contributed by atoms with Crippen LogP contribution in [0.4, 0.5) is 0 Å². The molecule has 1 aliphatic rings. The van der Waals surface area contributed by atoms with Gasteiger partial charge >= 0.3 is 5.97 Å². The van der Waals surface area contributed by atoms with Crippen molar-refractivity contribution in [3.05, 3.63) is 17.5 Å². The number of rotatable bonds is 2. The fourth-order valence-electron chi connectivity index (χ4n) is 2.20. The van der Waals surface area contributed by atoms with Crippen molar-refractivity contribution >= 4 is 5.97 Å². The minimum Gasteiger partial charge on any atom is -0.481 e. The maximum atomic E-state index is 10.7. The molecule has 0 bridgehead atoms. The van der Waals surface area contributed by atoms with Crippen LogP contribution in [0.15, 0.2) is 6.20 Å². The molecule has 1 aromatic rings. The zero-order valence-electron chi connectivity index (χ0n) is 8.16. The Kier molecular flexibility index (Phi) is 2.27. The monoisotopic (exact) mass is 194 g/mol. The van der Waals surface area contributed by atoms with Crippen LogP contribution in [0, 0.1) is 5.92 Å². The Hall–Kier alpha value is -1.32. The lowest BCUT2D eigenvalue weighted by Gasteiger charge is -2.27. The van der Waals surface area contributed by atoms with E-state index in [1.807, 2.05) is 6.20 Å². The van der Waals surface area contributed by atoms with E-state index >= 15 is 0 Å². The van der Waals surface area contributed by atoms with E-state index in [0.29, 0.717) is 5.92 Å². The van der Waals surface area contributed by atoms with Gasteiger partial charge in [0.15, 0.2) is 0 Å². The maximum absolute atomic E-state index is 10.7. The normalized spacial score (nSPS) is 25.8. The molecule has 76 valence electrons. The van der Waals surface area contributed by atoms with Crippen LogP contribution in [0.3, 0.4) is 0 Å². The van der Waals surface area contributed by atoms with Crippen LogP contribution >= 0.6 is 0 Å². The predicted molar refractivity (Wildman–Crippen MR) is 51.1 cm³/mol. The molecule has 4 nitrogen and oxygen atoms in total. The second-order valence-corrected chi connectivity index (χ2v) is 4.03. The summed E-state index contributed by atoms with van der Waals surface area (Å²) in [5.74, 6) is -0.193. The Balaban J connectivity index is 2.26. The molecule has 0 aromatic carbocycles. The van der Waals surface area contributed by atoms with Crippen LogP contribution in [0.2, 0.25) is 0 Å². The van der Waals surface area contributed by atoms with E-state index in [0.717, 1.165) is 18.5 Å². The third-order valence-electron chi connectivity index (χ3n) is 3.07. The molecule has 2 unspecified atom stereocenters. The number of carbonyl (C=O) groups is 1. The van der Waals surface area contributed by atoms with Gasteiger partial charge in [-0.05, 0) is 24.3 Å². The lowest BCUT2D eigenvalue weighted by molar-refractivity contribution is -0.137. The number of fused-ring (bicyclic) bond motifs is 1. The first kappa shape index (κ1) is 9.24. The number of hydrogen-bond acceptors (Lipinski definition) is 2. The number of aryl methyl sites for hydroxylation is 1.